The largest absolute Gasteiger partial charge is 0.305 e. The minimum Gasteiger partial charge on any atom is -0.305 e. The van der Waals surface area contributed by atoms with E-state index in [-0.39, 0.29) is 20.1 Å². The van der Waals surface area contributed by atoms with E-state index < -0.39 is 8.07 Å². The first kappa shape index (κ1) is 31.7. The van der Waals surface area contributed by atoms with Gasteiger partial charge < -0.3 is 9.97 Å². The summed E-state index contributed by atoms with van der Waals surface area (Å²) in [4.78, 5) is 9.27. The SMILES string of the molecule is C[Si](C)(C)c1ccc(-c2[c-]cccc2)nc1.Cc1cccc(C)c1-c1cc[c-]c(-c2cc3sc4ccccc4c3cn2)c1.[Ir]. The molecule has 44 heavy (non-hydrogen) atoms. The minimum absolute atomic E-state index is 0. The molecule has 0 atom stereocenters. The van der Waals surface area contributed by atoms with Crippen LogP contribution in [0.1, 0.15) is 11.1 Å². The van der Waals surface area contributed by atoms with Gasteiger partial charge in [-0.05, 0) is 53.2 Å². The van der Waals surface area contributed by atoms with Crippen LogP contribution in [0.4, 0.5) is 0 Å². The van der Waals surface area contributed by atoms with Gasteiger partial charge in [0.2, 0.25) is 0 Å². The molecular weight excluding hydrogens is 749 g/mol. The first-order chi connectivity index (χ1) is 20.8. The van der Waals surface area contributed by atoms with Crippen LogP contribution in [0.25, 0.3) is 53.8 Å². The summed E-state index contributed by atoms with van der Waals surface area (Å²) in [6.45, 7) is 11.3. The third kappa shape index (κ3) is 6.82. The van der Waals surface area contributed by atoms with Gasteiger partial charge in [0.1, 0.15) is 0 Å². The smallest absolute Gasteiger partial charge is 0.0795 e. The Morgan fingerprint density at radius 1 is 0.614 bits per heavy atom. The van der Waals surface area contributed by atoms with Gasteiger partial charge in [-0.25, -0.2) is 0 Å². The fourth-order valence-electron chi connectivity index (χ4n) is 5.36. The molecule has 0 fully saturated rings. The normalized spacial score (nSPS) is 11.1. The summed E-state index contributed by atoms with van der Waals surface area (Å²) in [5.41, 5.74) is 9.18. The Morgan fingerprint density at radius 3 is 2.05 bits per heavy atom. The van der Waals surface area contributed by atoms with Crippen molar-refractivity contribution in [3.63, 3.8) is 0 Å². The van der Waals surface area contributed by atoms with Crippen LogP contribution in [0.3, 0.4) is 0 Å². The molecule has 221 valence electrons. The molecule has 3 aromatic heterocycles. The fraction of sp³-hybridized carbons (Fsp3) is 0.128. The number of hydrogen-bond acceptors (Lipinski definition) is 3. The Balaban J connectivity index is 0.000000194. The summed E-state index contributed by atoms with van der Waals surface area (Å²) in [7, 11) is -1.23. The van der Waals surface area contributed by atoms with E-state index in [4.69, 9.17) is 4.98 Å². The van der Waals surface area contributed by atoms with E-state index >= 15 is 0 Å². The van der Waals surface area contributed by atoms with E-state index in [9.17, 15) is 0 Å². The molecule has 0 spiro atoms. The Bertz CT molecular complexity index is 2010. The van der Waals surface area contributed by atoms with Crippen molar-refractivity contribution >= 4 is 44.8 Å². The van der Waals surface area contributed by atoms with Gasteiger partial charge >= 0.3 is 0 Å². The van der Waals surface area contributed by atoms with Crippen LogP contribution in [0.15, 0.2) is 116 Å². The van der Waals surface area contributed by atoms with Gasteiger partial charge in [0, 0.05) is 52.7 Å². The summed E-state index contributed by atoms with van der Waals surface area (Å²) in [5, 5.41) is 3.90. The van der Waals surface area contributed by atoms with Crippen LogP contribution < -0.4 is 5.19 Å². The quantitative estimate of drug-likeness (QED) is 0.131. The number of pyridine rings is 2. The van der Waals surface area contributed by atoms with Crippen LogP contribution in [0.2, 0.25) is 19.6 Å². The Hall–Kier alpha value is -3.73. The number of nitrogens with zero attached hydrogens (tertiary/aromatic N) is 2. The van der Waals surface area contributed by atoms with Crippen molar-refractivity contribution in [1.82, 2.24) is 9.97 Å². The average Bonchev–Trinajstić information content (AvgIpc) is 3.40. The second-order valence-corrected chi connectivity index (χ2v) is 18.0. The number of aromatic nitrogens is 2. The predicted octanol–water partition coefficient (Wildman–Crippen LogP) is 10.3. The number of hydrogen-bond donors (Lipinski definition) is 0. The predicted molar refractivity (Wildman–Crippen MR) is 188 cm³/mol. The molecule has 0 saturated heterocycles. The molecule has 0 amide bonds. The van der Waals surface area contributed by atoms with Gasteiger partial charge in [-0.1, -0.05) is 74.2 Å². The molecule has 4 aromatic carbocycles. The molecule has 3 heterocycles. The molecule has 7 rings (SSSR count). The van der Waals surface area contributed by atoms with E-state index in [1.165, 1.54) is 47.6 Å². The van der Waals surface area contributed by atoms with Crippen LogP contribution in [0, 0.1) is 26.0 Å². The molecule has 0 N–H and O–H groups in total. The number of aryl methyl sites for hydroxylation is 2. The van der Waals surface area contributed by atoms with Crippen LogP contribution in [-0.4, -0.2) is 18.0 Å². The van der Waals surface area contributed by atoms with Gasteiger partial charge in [-0.3, -0.25) is 0 Å². The summed E-state index contributed by atoms with van der Waals surface area (Å²) >= 11 is 1.82. The van der Waals surface area contributed by atoms with Gasteiger partial charge in [-0.2, -0.15) is 0 Å². The Kier molecular flexibility index (Phi) is 9.72. The van der Waals surface area contributed by atoms with Crippen molar-refractivity contribution in [3.05, 3.63) is 139 Å². The maximum absolute atomic E-state index is 4.75. The van der Waals surface area contributed by atoms with E-state index in [0.717, 1.165) is 22.5 Å². The van der Waals surface area contributed by atoms with E-state index in [1.54, 1.807) is 0 Å². The monoisotopic (exact) mass is 783 g/mol. The van der Waals surface area contributed by atoms with Gasteiger partial charge in [0.15, 0.2) is 0 Å². The average molecular weight is 783 g/mol. The molecule has 0 saturated carbocycles. The molecule has 0 bridgehead atoms. The van der Waals surface area contributed by atoms with Crippen LogP contribution in [-0.2, 0) is 20.1 Å². The second kappa shape index (κ2) is 13.5. The van der Waals surface area contributed by atoms with Crippen molar-refractivity contribution in [2.75, 3.05) is 0 Å². The number of benzene rings is 4. The first-order valence-corrected chi connectivity index (χ1v) is 18.9. The first-order valence-electron chi connectivity index (χ1n) is 14.6. The third-order valence-corrected chi connectivity index (χ3v) is 10.9. The summed E-state index contributed by atoms with van der Waals surface area (Å²) < 4.78 is 2.58. The maximum atomic E-state index is 4.75. The van der Waals surface area contributed by atoms with Gasteiger partial charge in [0.25, 0.3) is 0 Å². The Labute approximate surface area is 279 Å². The Morgan fingerprint density at radius 2 is 1.34 bits per heavy atom. The molecule has 5 heteroatoms. The van der Waals surface area contributed by atoms with Gasteiger partial charge in [0.05, 0.1) is 8.07 Å². The number of thiophene rings is 1. The van der Waals surface area contributed by atoms with E-state index in [0.29, 0.717) is 0 Å². The zero-order chi connectivity index (χ0) is 30.0. The zero-order valence-electron chi connectivity index (χ0n) is 25.6. The molecule has 0 aliphatic carbocycles. The maximum Gasteiger partial charge on any atom is 0.0795 e. The summed E-state index contributed by atoms with van der Waals surface area (Å²) in [6, 6.07) is 42.3. The minimum atomic E-state index is -1.23. The van der Waals surface area contributed by atoms with Crippen LogP contribution in [0.5, 0.6) is 0 Å². The molecule has 0 unspecified atom stereocenters. The fourth-order valence-corrected chi connectivity index (χ4v) is 7.51. The summed E-state index contributed by atoms with van der Waals surface area (Å²) in [6.07, 6.45) is 4.02. The zero-order valence-corrected chi connectivity index (χ0v) is 29.8. The van der Waals surface area contributed by atoms with Gasteiger partial charge in [-0.15, -0.1) is 82.6 Å². The van der Waals surface area contributed by atoms with Crippen molar-refractivity contribution in [3.8, 4) is 33.6 Å². The molecule has 1 radical (unpaired) electrons. The second-order valence-electron chi connectivity index (χ2n) is 11.9. The topological polar surface area (TPSA) is 25.8 Å². The van der Waals surface area contributed by atoms with E-state index in [1.807, 2.05) is 54.1 Å². The molecular formula is C39H34IrN2SSi-2. The molecule has 7 aromatic rings. The third-order valence-electron chi connectivity index (χ3n) is 7.72. The molecule has 0 aliphatic heterocycles. The molecule has 2 nitrogen and oxygen atoms in total. The number of fused-ring (bicyclic) bond motifs is 3. The molecule has 0 aliphatic rings. The standard InChI is InChI=1S/C25H18NS.C14H16NSi.Ir/c1-16-7-5-8-17(2)25(16)19-10-6-9-18(13-19)22-14-24-21(15-26-22)20-11-3-4-12-23(20)27-24;1-16(2,3)13-9-10-14(15-11-13)12-7-5-4-6-8-12;/h3-8,10-15H,1-2H3;4-7,9-11H,1-3H3;/q2*-1;. The van der Waals surface area contributed by atoms with Crippen molar-refractivity contribution in [2.24, 2.45) is 0 Å². The van der Waals surface area contributed by atoms with Crippen LogP contribution >= 0.6 is 11.3 Å². The van der Waals surface area contributed by atoms with Crippen molar-refractivity contribution in [2.45, 2.75) is 33.5 Å². The van der Waals surface area contributed by atoms with Crippen molar-refractivity contribution in [1.29, 1.82) is 0 Å². The summed E-state index contributed by atoms with van der Waals surface area (Å²) in [5.74, 6) is 0. The van der Waals surface area contributed by atoms with Crippen molar-refractivity contribution < 1.29 is 20.1 Å². The number of rotatable bonds is 4. The van der Waals surface area contributed by atoms with E-state index in [2.05, 4.69) is 123 Å².